The maximum atomic E-state index is 15.2. The molecule has 1 saturated heterocycles. The van der Waals surface area contributed by atoms with Crippen LogP contribution < -0.4 is 58.9 Å². The molecule has 103 heavy (non-hydrogen) atoms. The van der Waals surface area contributed by atoms with Crippen LogP contribution in [0, 0.1) is 5.92 Å². The Balaban J connectivity index is 1.16. The number of nitrogens with two attached hydrogens (primary N) is 1. The normalized spacial score (nSPS) is 29.2. The quantitative estimate of drug-likeness (QED) is 0.0623. The molecule has 17 atom stereocenters. The summed E-state index contributed by atoms with van der Waals surface area (Å²) in [6, 6.07) is -11.1. The van der Waals surface area contributed by atoms with E-state index in [0.29, 0.717) is 5.01 Å². The first-order valence-corrected chi connectivity index (χ1v) is 37.6. The fourth-order valence-electron chi connectivity index (χ4n) is 11.9. The topological polar surface area (TPSA) is 487 Å². The highest BCUT2D eigenvalue weighted by atomic mass is 32.2. The lowest BCUT2D eigenvalue weighted by molar-refractivity contribution is -0.131. The monoisotopic (exact) mass is 1530 g/mol. The SMILES string of the molecule is C=C1NC(=O)C(C)NC(=O)C(C(C)C)NC2C=Cc3c(C(C)O)cc(nc3C2O)C(=O)OC(C)C2NC(=S)c3csc(n3)C(C(C)(O)C(C)O)NC(=O)C3CSC(=N3)/C(=C\C)NC(=O)C(C(C)O)NC(=O)c3csc(n3)C3(CCC(c4nc(C(N)=O)cs4)NC3c3csc2n3)NC(=O)C(C)NC1=O. The molecule has 17 N–H and O–H groups in total. The molecular weight excluding hydrogens is 1450 g/mol. The van der Waals surface area contributed by atoms with Crippen LogP contribution in [0.25, 0.3) is 6.08 Å². The fraction of sp³-hybridized carbons (Fsp3) is 0.477. The molecule has 13 bridgehead atoms. The molecule has 0 saturated carbocycles. The van der Waals surface area contributed by atoms with Crippen molar-refractivity contribution in [3.63, 3.8) is 0 Å². The number of piperidine rings is 1. The zero-order valence-corrected chi connectivity index (χ0v) is 62.1. The minimum Gasteiger partial charge on any atom is -0.455 e. The summed E-state index contributed by atoms with van der Waals surface area (Å²) in [5.41, 5.74) is 1.28. The molecule has 4 aliphatic heterocycles. The van der Waals surface area contributed by atoms with Gasteiger partial charge in [-0.05, 0) is 85.8 Å². The Morgan fingerprint density at radius 2 is 1.48 bits per heavy atom. The summed E-state index contributed by atoms with van der Waals surface area (Å²) in [6.45, 7) is 18.4. The van der Waals surface area contributed by atoms with Crippen molar-refractivity contribution < 1.29 is 73.4 Å². The number of hydrogen-bond donors (Lipinski definition) is 16. The average molecular weight is 1530 g/mol. The average Bonchev–Trinajstić information content (AvgIpc) is 1.71. The van der Waals surface area contributed by atoms with Crippen LogP contribution >= 0.6 is 69.3 Å². The van der Waals surface area contributed by atoms with Crippen molar-refractivity contribution in [2.45, 2.75) is 184 Å². The van der Waals surface area contributed by atoms with Gasteiger partial charge in [-0.3, -0.25) is 54.0 Å². The number of pyridine rings is 1. The number of aromatic nitrogens is 5. The Morgan fingerprint density at radius 1 is 0.777 bits per heavy atom. The number of ether oxygens (including phenoxy) is 1. The van der Waals surface area contributed by atoms with E-state index in [1.807, 2.05) is 0 Å². The molecule has 10 rings (SSSR count). The van der Waals surface area contributed by atoms with Crippen molar-refractivity contribution in [2.24, 2.45) is 16.6 Å². The number of thiocarbonyl (C=S) groups is 1. The van der Waals surface area contributed by atoms with E-state index < -0.39 is 167 Å². The van der Waals surface area contributed by atoms with E-state index >= 15 is 4.79 Å². The van der Waals surface area contributed by atoms with Gasteiger partial charge in [0.05, 0.1) is 65.3 Å². The Bertz CT molecular complexity index is 4300. The maximum Gasteiger partial charge on any atom is 0.357 e. The largest absolute Gasteiger partial charge is 0.455 e. The number of cyclic esters (lactones) is 1. The minimum atomic E-state index is -2.10. The number of aliphatic hydroxyl groups is 5. The maximum absolute atomic E-state index is 15.2. The number of hydrogen-bond acceptors (Lipinski definition) is 29. The van der Waals surface area contributed by atoms with Crippen LogP contribution in [-0.4, -0.2) is 180 Å². The van der Waals surface area contributed by atoms with Crippen molar-refractivity contribution in [3.8, 4) is 0 Å². The zero-order valence-electron chi connectivity index (χ0n) is 57.2. The van der Waals surface area contributed by atoms with Crippen LogP contribution in [0.2, 0.25) is 0 Å². The Hall–Kier alpha value is -8.25. The van der Waals surface area contributed by atoms with Gasteiger partial charge in [0.2, 0.25) is 29.5 Å². The lowest BCUT2D eigenvalue weighted by Crippen LogP contribution is -2.61. The van der Waals surface area contributed by atoms with Gasteiger partial charge >= 0.3 is 5.97 Å². The number of nitrogens with one attached hydrogen (secondary N) is 10. The number of thiazole rings is 4. The number of amides is 8. The van der Waals surface area contributed by atoms with Crippen molar-refractivity contribution in [1.29, 1.82) is 0 Å². The first-order chi connectivity index (χ1) is 48.6. The Labute approximate surface area is 615 Å². The van der Waals surface area contributed by atoms with Crippen LogP contribution in [-0.2, 0) is 39.0 Å². The molecule has 0 radical (unpaired) electrons. The molecule has 5 aromatic heterocycles. The van der Waals surface area contributed by atoms with Gasteiger partial charge in [0, 0.05) is 32.8 Å². The molecule has 17 unspecified atom stereocenters. The number of carbonyl (C=O) groups is 9. The highest BCUT2D eigenvalue weighted by molar-refractivity contribution is 8.14. The molecule has 5 aliphatic rings. The second-order valence-electron chi connectivity index (χ2n) is 26.0. The molecule has 550 valence electrons. The van der Waals surface area contributed by atoms with Crippen LogP contribution in [0.1, 0.15) is 198 Å². The molecule has 32 nitrogen and oxygen atoms in total. The third-order valence-electron chi connectivity index (χ3n) is 18.1. The lowest BCUT2D eigenvalue weighted by atomic mass is 9.78. The van der Waals surface area contributed by atoms with Crippen molar-refractivity contribution in [3.05, 3.63) is 123 Å². The first-order valence-electron chi connectivity index (χ1n) is 32.7. The van der Waals surface area contributed by atoms with E-state index in [2.05, 4.69) is 74.7 Å². The van der Waals surface area contributed by atoms with Crippen molar-refractivity contribution >= 4 is 139 Å². The number of carbonyl (C=O) groups excluding carboxylic acids is 9. The molecule has 5 aromatic rings. The van der Waals surface area contributed by atoms with Crippen molar-refractivity contribution in [1.82, 2.24) is 78.1 Å². The van der Waals surface area contributed by atoms with E-state index in [9.17, 15) is 63.9 Å². The Kier molecular flexibility index (Phi) is 23.7. The molecule has 1 fully saturated rings. The van der Waals surface area contributed by atoms with Gasteiger partial charge < -0.3 is 78.5 Å². The molecular formula is C65H79N17O15S6. The summed E-state index contributed by atoms with van der Waals surface area (Å²) >= 11 is 11.3. The van der Waals surface area contributed by atoms with E-state index in [1.54, 1.807) is 38.3 Å². The summed E-state index contributed by atoms with van der Waals surface area (Å²) in [5, 5.41) is 93.4. The van der Waals surface area contributed by atoms with Crippen LogP contribution in [0.4, 0.5) is 0 Å². The van der Waals surface area contributed by atoms with Gasteiger partial charge in [-0.2, -0.15) is 0 Å². The number of allylic oxidation sites excluding steroid dienone is 1. The van der Waals surface area contributed by atoms with Crippen molar-refractivity contribution in [2.75, 3.05) is 5.75 Å². The number of fused-ring (bicyclic) bond motifs is 7. The highest BCUT2D eigenvalue weighted by Gasteiger charge is 2.52. The highest BCUT2D eigenvalue weighted by Crippen LogP contribution is 2.48. The third-order valence-corrected chi connectivity index (χ3v) is 23.4. The van der Waals surface area contributed by atoms with E-state index in [4.69, 9.17) is 37.6 Å². The number of primary amides is 1. The standard InChI is InChI=1S/C65H79N17O15S6/c1-12-33-58-76-39(20-100-58)54(92)81-48(64(11,96)30(10)85)61-77-41(22-102-61)57(98)80-44-29(9)97-62(95)36-17-32(27(7)83)31-13-14-34(46(86)45(31)71-36)70-42(23(2)3)55(93)69-25(5)51(89)67-24(4)50(88)68-26(6)52(90)82-65(63-78-40(21-103-63)53(91)79-43(28(8)84)56(94)73-33)16-15-35(59-75-38(19-99-59)49(66)87)72-47(65)37-18-101-60(44)74-37/h12-14,17-19,21-23,25-30,34-35,39,42-44,46-48,70,72,83-86,96H,4,15-16,20H2,1-3,5-11H3,(H2,66,87)(H,67,89)(H,68,88)(H,69,93)(H,73,94)(H,79,91)(H,80,98)(H,81,92)(H,82,90)/b33-12+. The number of aliphatic hydroxyl groups excluding tert-OH is 4. The molecule has 38 heteroatoms. The summed E-state index contributed by atoms with van der Waals surface area (Å²) in [5.74, 6) is -8.30. The number of esters is 1. The van der Waals surface area contributed by atoms with Gasteiger partial charge in [0.15, 0.2) is 0 Å². The summed E-state index contributed by atoms with van der Waals surface area (Å²) in [6.07, 6.45) is -2.50. The summed E-state index contributed by atoms with van der Waals surface area (Å²) in [4.78, 5) is 157. The molecule has 8 amide bonds. The van der Waals surface area contributed by atoms with Gasteiger partial charge in [-0.15, -0.1) is 57.1 Å². The Morgan fingerprint density at radius 3 is 2.15 bits per heavy atom. The fourth-order valence-corrected chi connectivity index (χ4v) is 17.2. The van der Waals surface area contributed by atoms with Gasteiger partial charge in [0.25, 0.3) is 17.7 Å². The lowest BCUT2D eigenvalue weighted by Gasteiger charge is -2.46. The smallest absolute Gasteiger partial charge is 0.357 e. The molecule has 0 aromatic carbocycles. The minimum absolute atomic E-state index is 0.0413. The second kappa shape index (κ2) is 31.6. The van der Waals surface area contributed by atoms with Gasteiger partial charge in [-0.1, -0.05) is 50.9 Å². The number of thioether (sulfide) groups is 1. The summed E-state index contributed by atoms with van der Waals surface area (Å²) in [7, 11) is 0. The van der Waals surface area contributed by atoms with E-state index in [1.165, 1.54) is 76.7 Å². The van der Waals surface area contributed by atoms with Gasteiger partial charge in [-0.25, -0.2) is 29.7 Å². The van der Waals surface area contributed by atoms with Crippen LogP contribution in [0.3, 0.4) is 0 Å². The van der Waals surface area contributed by atoms with Crippen LogP contribution in [0.15, 0.2) is 62.7 Å². The molecule has 1 aliphatic carbocycles. The van der Waals surface area contributed by atoms with E-state index in [-0.39, 0.29) is 94.6 Å². The molecule has 9 heterocycles. The predicted octanol–water partition coefficient (Wildman–Crippen LogP) is 1.50. The first kappa shape index (κ1) is 77.4. The molecule has 0 spiro atoms. The third kappa shape index (κ3) is 16.5. The second-order valence-corrected chi connectivity index (χ2v) is 31.0. The number of nitrogens with zero attached hydrogens (tertiary/aromatic N) is 6. The van der Waals surface area contributed by atoms with E-state index in [0.717, 1.165) is 57.1 Å². The summed E-state index contributed by atoms with van der Waals surface area (Å²) < 4.78 is 6.33. The van der Waals surface area contributed by atoms with Crippen LogP contribution in [0.5, 0.6) is 0 Å². The zero-order chi connectivity index (χ0) is 75.0. The predicted molar refractivity (Wildman–Crippen MR) is 386 cm³/mol. The number of rotatable bonds is 7. The number of aliphatic imine (C=N–C) groups is 1. The van der Waals surface area contributed by atoms with Gasteiger partial charge in [0.1, 0.15) is 112 Å².